The van der Waals surface area contributed by atoms with E-state index >= 15 is 0 Å². The van der Waals surface area contributed by atoms with Gasteiger partial charge in [-0.25, -0.2) is 0 Å². The van der Waals surface area contributed by atoms with E-state index in [9.17, 15) is 27.6 Å². The predicted octanol–water partition coefficient (Wildman–Crippen LogP) is 2.61. The highest BCUT2D eigenvalue weighted by atomic mass is 19.4. The molecular formula is C26H24F3N5O4. The molecule has 38 heavy (non-hydrogen) atoms. The Morgan fingerprint density at radius 2 is 1.74 bits per heavy atom. The molecule has 1 aliphatic rings. The van der Waals surface area contributed by atoms with Crippen molar-refractivity contribution in [2.45, 2.75) is 32.7 Å². The molecule has 0 unspecified atom stereocenters. The van der Waals surface area contributed by atoms with Crippen molar-refractivity contribution in [3.63, 3.8) is 0 Å². The van der Waals surface area contributed by atoms with Gasteiger partial charge in [0.1, 0.15) is 11.4 Å². The Morgan fingerprint density at radius 1 is 1.03 bits per heavy atom. The van der Waals surface area contributed by atoms with Crippen LogP contribution < -0.4 is 10.6 Å². The molecule has 0 saturated heterocycles. The first kappa shape index (κ1) is 26.7. The van der Waals surface area contributed by atoms with Crippen LogP contribution in [0, 0.1) is 6.92 Å². The lowest BCUT2D eigenvalue weighted by Gasteiger charge is -2.16. The highest BCUT2D eigenvalue weighted by molar-refractivity contribution is 6.03. The average molecular weight is 528 g/mol. The third kappa shape index (κ3) is 5.80. The zero-order valence-corrected chi connectivity index (χ0v) is 20.3. The Bertz CT molecular complexity index is 1380. The summed E-state index contributed by atoms with van der Waals surface area (Å²) >= 11 is 0. The molecule has 0 saturated carbocycles. The van der Waals surface area contributed by atoms with E-state index in [0.29, 0.717) is 27.8 Å². The molecule has 0 spiro atoms. The summed E-state index contributed by atoms with van der Waals surface area (Å²) in [4.78, 5) is 47.8. The molecule has 12 heteroatoms. The molecule has 2 aromatic heterocycles. The number of nitrogens with zero attached hydrogens (tertiary/aromatic N) is 3. The van der Waals surface area contributed by atoms with E-state index < -0.39 is 23.6 Å². The Hall–Kier alpha value is -4.32. The zero-order chi connectivity index (χ0) is 27.4. The van der Waals surface area contributed by atoms with E-state index in [0.717, 1.165) is 12.1 Å². The Morgan fingerprint density at radius 3 is 2.39 bits per heavy atom. The minimum absolute atomic E-state index is 0.0304. The number of aromatic nitrogens is 2. The van der Waals surface area contributed by atoms with Crippen LogP contribution >= 0.6 is 0 Å². The second-order valence-corrected chi connectivity index (χ2v) is 8.71. The molecule has 3 heterocycles. The predicted molar refractivity (Wildman–Crippen MR) is 129 cm³/mol. The Kier molecular flexibility index (Phi) is 7.72. The van der Waals surface area contributed by atoms with Crippen molar-refractivity contribution in [1.82, 2.24) is 25.5 Å². The lowest BCUT2D eigenvalue weighted by molar-refractivity contribution is -0.137. The number of nitrogens with one attached hydrogen (secondary N) is 2. The summed E-state index contributed by atoms with van der Waals surface area (Å²) in [5, 5.41) is 14.1. The fraction of sp³-hybridized carbons (Fsp3) is 0.269. The molecule has 0 fully saturated rings. The summed E-state index contributed by atoms with van der Waals surface area (Å²) in [6.07, 6.45) is -1.57. The number of fused-ring (bicyclic) bond motifs is 1. The van der Waals surface area contributed by atoms with Crippen LogP contribution in [-0.4, -0.2) is 50.8 Å². The molecule has 0 bridgehead atoms. The molecule has 9 nitrogen and oxygen atoms in total. The lowest BCUT2D eigenvalue weighted by atomic mass is 10.1. The van der Waals surface area contributed by atoms with Crippen molar-refractivity contribution in [2.75, 3.05) is 13.2 Å². The van der Waals surface area contributed by atoms with Crippen LogP contribution in [0.25, 0.3) is 0 Å². The van der Waals surface area contributed by atoms with Gasteiger partial charge in [0, 0.05) is 49.7 Å². The number of carbonyl (C=O) groups is 3. The van der Waals surface area contributed by atoms with Gasteiger partial charge in [-0.3, -0.25) is 24.4 Å². The van der Waals surface area contributed by atoms with E-state index in [1.165, 1.54) is 29.4 Å². The van der Waals surface area contributed by atoms with Crippen LogP contribution in [0.15, 0.2) is 48.8 Å². The van der Waals surface area contributed by atoms with Crippen molar-refractivity contribution in [3.8, 4) is 0 Å². The maximum absolute atomic E-state index is 12.9. The maximum Gasteiger partial charge on any atom is 0.416 e. The minimum atomic E-state index is -4.43. The minimum Gasteiger partial charge on any atom is -0.395 e. The van der Waals surface area contributed by atoms with Crippen molar-refractivity contribution < 1.29 is 32.7 Å². The van der Waals surface area contributed by atoms with Gasteiger partial charge in [0.25, 0.3) is 17.7 Å². The third-order valence-electron chi connectivity index (χ3n) is 5.99. The number of hydrogen-bond acceptors (Lipinski definition) is 6. The Labute approximate surface area is 215 Å². The van der Waals surface area contributed by atoms with Gasteiger partial charge in [0.2, 0.25) is 0 Å². The number of benzene rings is 1. The van der Waals surface area contributed by atoms with E-state index in [1.54, 1.807) is 19.1 Å². The molecule has 0 atom stereocenters. The number of aliphatic hydroxyl groups excluding tert-OH is 1. The first-order valence-electron chi connectivity index (χ1n) is 11.6. The van der Waals surface area contributed by atoms with E-state index in [1.807, 2.05) is 0 Å². The number of carbonyl (C=O) groups excluding carboxylic acids is 3. The highest BCUT2D eigenvalue weighted by Crippen LogP contribution is 2.29. The van der Waals surface area contributed by atoms with Gasteiger partial charge >= 0.3 is 6.18 Å². The first-order valence-corrected chi connectivity index (χ1v) is 11.6. The standard InChI is InChI=1S/C26H24F3N5O4/c1-15-10-17(12-32-21(15)23(36)33-11-16-2-4-18(5-3-16)26(27,28)29)13-34-14-20-19(25(34)38)6-7-30-22(20)24(37)31-8-9-35/h2-7,10,12,35H,8-9,11,13-14H2,1H3,(H,31,37)(H,33,36). The van der Waals surface area contributed by atoms with Gasteiger partial charge < -0.3 is 20.6 Å². The van der Waals surface area contributed by atoms with Gasteiger partial charge in [-0.15, -0.1) is 0 Å². The van der Waals surface area contributed by atoms with Crippen LogP contribution in [0.5, 0.6) is 0 Å². The molecule has 0 aliphatic carbocycles. The van der Waals surface area contributed by atoms with Crippen LogP contribution in [-0.2, 0) is 25.8 Å². The van der Waals surface area contributed by atoms with Crippen molar-refractivity contribution in [1.29, 1.82) is 0 Å². The quantitative estimate of drug-likeness (QED) is 0.414. The van der Waals surface area contributed by atoms with Crippen LogP contribution in [0.2, 0.25) is 0 Å². The summed E-state index contributed by atoms with van der Waals surface area (Å²) in [6.45, 7) is 1.92. The molecular weight excluding hydrogens is 503 g/mol. The van der Waals surface area contributed by atoms with Crippen molar-refractivity contribution in [3.05, 3.63) is 93.6 Å². The van der Waals surface area contributed by atoms with Gasteiger partial charge in [-0.2, -0.15) is 13.2 Å². The summed E-state index contributed by atoms with van der Waals surface area (Å²) in [5.41, 5.74) is 2.12. The number of aliphatic hydroxyl groups is 1. The molecule has 4 rings (SSSR count). The second kappa shape index (κ2) is 11.0. The van der Waals surface area contributed by atoms with E-state index in [-0.39, 0.29) is 50.1 Å². The van der Waals surface area contributed by atoms with Crippen molar-refractivity contribution in [2.24, 2.45) is 0 Å². The summed E-state index contributed by atoms with van der Waals surface area (Å²) in [5.74, 6) is -1.23. The van der Waals surface area contributed by atoms with Crippen LogP contribution in [0.1, 0.15) is 59.2 Å². The number of halogens is 3. The monoisotopic (exact) mass is 527 g/mol. The molecule has 1 aliphatic heterocycles. The zero-order valence-electron chi connectivity index (χ0n) is 20.3. The fourth-order valence-corrected chi connectivity index (χ4v) is 4.12. The average Bonchev–Trinajstić information content (AvgIpc) is 3.20. The van der Waals surface area contributed by atoms with Gasteiger partial charge in [0.05, 0.1) is 12.2 Å². The number of alkyl halides is 3. The topological polar surface area (TPSA) is 125 Å². The van der Waals surface area contributed by atoms with Crippen LogP contribution in [0.3, 0.4) is 0 Å². The van der Waals surface area contributed by atoms with Gasteiger partial charge in [-0.05, 0) is 41.8 Å². The number of aryl methyl sites for hydroxylation is 1. The number of rotatable bonds is 8. The highest BCUT2D eigenvalue weighted by Gasteiger charge is 2.32. The first-order chi connectivity index (χ1) is 18.1. The molecule has 0 radical (unpaired) electrons. The lowest BCUT2D eigenvalue weighted by Crippen LogP contribution is -2.28. The van der Waals surface area contributed by atoms with Gasteiger partial charge in [0.15, 0.2) is 0 Å². The third-order valence-corrected chi connectivity index (χ3v) is 5.99. The summed E-state index contributed by atoms with van der Waals surface area (Å²) in [6, 6.07) is 7.79. The SMILES string of the molecule is Cc1cc(CN2Cc3c(ccnc3C(=O)NCCO)C2=O)cnc1C(=O)NCc1ccc(C(F)(F)F)cc1. The maximum atomic E-state index is 12.9. The molecule has 3 N–H and O–H groups in total. The van der Waals surface area contributed by atoms with Gasteiger partial charge in [-0.1, -0.05) is 18.2 Å². The second-order valence-electron chi connectivity index (χ2n) is 8.71. The van der Waals surface area contributed by atoms with Crippen molar-refractivity contribution >= 4 is 17.7 Å². The molecule has 3 amide bonds. The molecule has 3 aromatic rings. The van der Waals surface area contributed by atoms with Crippen LogP contribution in [0.4, 0.5) is 13.2 Å². The molecule has 1 aromatic carbocycles. The number of hydrogen-bond donors (Lipinski definition) is 3. The number of amides is 3. The van der Waals surface area contributed by atoms with E-state index in [4.69, 9.17) is 5.11 Å². The smallest absolute Gasteiger partial charge is 0.395 e. The van der Waals surface area contributed by atoms with E-state index in [2.05, 4.69) is 20.6 Å². The fourth-order valence-electron chi connectivity index (χ4n) is 4.12. The summed E-state index contributed by atoms with van der Waals surface area (Å²) < 4.78 is 38.1. The molecule has 198 valence electrons. The largest absolute Gasteiger partial charge is 0.416 e. The summed E-state index contributed by atoms with van der Waals surface area (Å²) in [7, 11) is 0. The number of pyridine rings is 2. The normalized spacial score (nSPS) is 12.9. The Balaban J connectivity index is 1.40.